The molecule has 3 heteroatoms. The first-order valence-electron chi connectivity index (χ1n) is 6.95. The fourth-order valence-electron chi connectivity index (χ4n) is 1.83. The first-order valence-corrected chi connectivity index (χ1v) is 6.95. The van der Waals surface area contributed by atoms with E-state index in [0.29, 0.717) is 18.9 Å². The minimum absolute atomic E-state index is 0.0313. The highest BCUT2D eigenvalue weighted by molar-refractivity contribution is 5.81. The van der Waals surface area contributed by atoms with Crippen LogP contribution in [0.25, 0.3) is 0 Å². The standard InChI is InChI=1S/C16H25NO2/c1-6-14(16(18)17-10-11(2)3)19-15-8-7-12(4)9-13(15)5/h7-9,11,14H,6,10H2,1-5H3,(H,17,18). The summed E-state index contributed by atoms with van der Waals surface area (Å²) in [7, 11) is 0. The molecular formula is C16H25NO2. The second kappa shape index (κ2) is 7.17. The number of rotatable bonds is 6. The maximum atomic E-state index is 12.0. The number of ether oxygens (including phenoxy) is 1. The molecule has 0 radical (unpaired) electrons. The number of benzene rings is 1. The molecule has 1 atom stereocenters. The van der Waals surface area contributed by atoms with Crippen molar-refractivity contribution in [2.75, 3.05) is 6.54 Å². The fourth-order valence-corrected chi connectivity index (χ4v) is 1.83. The number of amides is 1. The lowest BCUT2D eigenvalue weighted by molar-refractivity contribution is -0.128. The van der Waals surface area contributed by atoms with Gasteiger partial charge in [0, 0.05) is 6.54 Å². The Labute approximate surface area is 116 Å². The van der Waals surface area contributed by atoms with Crippen molar-refractivity contribution < 1.29 is 9.53 Å². The summed E-state index contributed by atoms with van der Waals surface area (Å²) in [5, 5.41) is 2.92. The average Bonchev–Trinajstić information content (AvgIpc) is 2.35. The highest BCUT2D eigenvalue weighted by Crippen LogP contribution is 2.20. The van der Waals surface area contributed by atoms with Crippen molar-refractivity contribution in [1.29, 1.82) is 0 Å². The maximum Gasteiger partial charge on any atom is 0.261 e. The van der Waals surface area contributed by atoms with Crippen LogP contribution < -0.4 is 10.1 Å². The van der Waals surface area contributed by atoms with Crippen LogP contribution in [0.4, 0.5) is 0 Å². The molecular weight excluding hydrogens is 238 g/mol. The molecule has 0 aliphatic carbocycles. The van der Waals surface area contributed by atoms with E-state index < -0.39 is 6.10 Å². The number of carbonyl (C=O) groups excluding carboxylic acids is 1. The van der Waals surface area contributed by atoms with E-state index in [1.165, 1.54) is 5.56 Å². The Balaban J connectivity index is 2.68. The zero-order valence-corrected chi connectivity index (χ0v) is 12.6. The van der Waals surface area contributed by atoms with Gasteiger partial charge < -0.3 is 10.1 Å². The molecule has 0 aliphatic heterocycles. The van der Waals surface area contributed by atoms with Crippen LogP contribution in [-0.2, 0) is 4.79 Å². The van der Waals surface area contributed by atoms with Gasteiger partial charge in [0.1, 0.15) is 5.75 Å². The molecule has 1 aromatic rings. The van der Waals surface area contributed by atoms with Gasteiger partial charge in [0.05, 0.1) is 0 Å². The van der Waals surface area contributed by atoms with Crippen LogP contribution in [0.5, 0.6) is 5.75 Å². The van der Waals surface area contributed by atoms with Crippen LogP contribution in [0, 0.1) is 19.8 Å². The van der Waals surface area contributed by atoms with E-state index in [0.717, 1.165) is 11.3 Å². The van der Waals surface area contributed by atoms with Gasteiger partial charge in [0.25, 0.3) is 5.91 Å². The number of carbonyl (C=O) groups is 1. The molecule has 0 spiro atoms. The van der Waals surface area contributed by atoms with Crippen LogP contribution >= 0.6 is 0 Å². The Bertz CT molecular complexity index is 427. The second-order valence-electron chi connectivity index (χ2n) is 5.42. The molecule has 106 valence electrons. The Morgan fingerprint density at radius 2 is 2.00 bits per heavy atom. The zero-order chi connectivity index (χ0) is 14.4. The van der Waals surface area contributed by atoms with Gasteiger partial charge in [-0.15, -0.1) is 0 Å². The maximum absolute atomic E-state index is 12.0. The predicted octanol–water partition coefficient (Wildman–Crippen LogP) is 3.23. The fraction of sp³-hybridized carbons (Fsp3) is 0.562. The molecule has 1 N–H and O–H groups in total. The van der Waals surface area contributed by atoms with Gasteiger partial charge >= 0.3 is 0 Å². The average molecular weight is 263 g/mol. The quantitative estimate of drug-likeness (QED) is 0.855. The molecule has 0 saturated carbocycles. The third-order valence-electron chi connectivity index (χ3n) is 2.95. The van der Waals surface area contributed by atoms with Crippen molar-refractivity contribution in [2.24, 2.45) is 5.92 Å². The Hall–Kier alpha value is -1.51. The number of nitrogens with one attached hydrogen (secondary N) is 1. The summed E-state index contributed by atoms with van der Waals surface area (Å²) < 4.78 is 5.83. The third kappa shape index (κ3) is 4.93. The molecule has 1 amide bonds. The lowest BCUT2D eigenvalue weighted by atomic mass is 10.1. The summed E-state index contributed by atoms with van der Waals surface area (Å²) in [5.74, 6) is 1.20. The van der Waals surface area contributed by atoms with E-state index in [9.17, 15) is 4.79 Å². The lowest BCUT2D eigenvalue weighted by Gasteiger charge is -2.19. The molecule has 0 heterocycles. The largest absolute Gasteiger partial charge is 0.480 e. The zero-order valence-electron chi connectivity index (χ0n) is 12.6. The Morgan fingerprint density at radius 1 is 1.32 bits per heavy atom. The summed E-state index contributed by atoms with van der Waals surface area (Å²) in [4.78, 5) is 12.0. The minimum atomic E-state index is -0.417. The van der Waals surface area contributed by atoms with Gasteiger partial charge in [0.2, 0.25) is 0 Å². The monoisotopic (exact) mass is 263 g/mol. The van der Waals surface area contributed by atoms with Gasteiger partial charge in [-0.3, -0.25) is 4.79 Å². The molecule has 1 rings (SSSR count). The van der Waals surface area contributed by atoms with Crippen LogP contribution in [0.1, 0.15) is 38.3 Å². The topological polar surface area (TPSA) is 38.3 Å². The van der Waals surface area contributed by atoms with Gasteiger partial charge in [-0.05, 0) is 37.8 Å². The van der Waals surface area contributed by atoms with Crippen LogP contribution in [0.2, 0.25) is 0 Å². The minimum Gasteiger partial charge on any atom is -0.480 e. The number of aryl methyl sites for hydroxylation is 2. The molecule has 0 aromatic heterocycles. The second-order valence-corrected chi connectivity index (χ2v) is 5.42. The Morgan fingerprint density at radius 3 is 2.53 bits per heavy atom. The van der Waals surface area contributed by atoms with Crippen LogP contribution in [0.15, 0.2) is 18.2 Å². The van der Waals surface area contributed by atoms with Crippen molar-refractivity contribution in [3.63, 3.8) is 0 Å². The lowest BCUT2D eigenvalue weighted by Crippen LogP contribution is -2.39. The van der Waals surface area contributed by atoms with Gasteiger partial charge in [-0.1, -0.05) is 38.5 Å². The van der Waals surface area contributed by atoms with Gasteiger partial charge in [-0.25, -0.2) is 0 Å². The first-order chi connectivity index (χ1) is 8.93. The van der Waals surface area contributed by atoms with E-state index in [1.54, 1.807) is 0 Å². The van der Waals surface area contributed by atoms with Gasteiger partial charge in [-0.2, -0.15) is 0 Å². The SMILES string of the molecule is CCC(Oc1ccc(C)cc1C)C(=O)NCC(C)C. The molecule has 0 aliphatic rings. The molecule has 1 unspecified atom stereocenters. The normalized spacial score (nSPS) is 12.3. The molecule has 0 fully saturated rings. The van der Waals surface area contributed by atoms with Gasteiger partial charge in [0.15, 0.2) is 6.10 Å². The molecule has 3 nitrogen and oxygen atoms in total. The van der Waals surface area contributed by atoms with Crippen molar-refractivity contribution >= 4 is 5.91 Å². The van der Waals surface area contributed by atoms with Crippen LogP contribution in [-0.4, -0.2) is 18.6 Å². The van der Waals surface area contributed by atoms with Crippen LogP contribution in [0.3, 0.4) is 0 Å². The van der Waals surface area contributed by atoms with E-state index >= 15 is 0 Å². The Kier molecular flexibility index (Phi) is 5.87. The summed E-state index contributed by atoms with van der Waals surface area (Å²) in [6, 6.07) is 6.00. The van der Waals surface area contributed by atoms with E-state index in [1.807, 2.05) is 32.9 Å². The first kappa shape index (κ1) is 15.5. The van der Waals surface area contributed by atoms with Crippen molar-refractivity contribution in [1.82, 2.24) is 5.32 Å². The van der Waals surface area contributed by atoms with Crippen molar-refractivity contribution in [2.45, 2.75) is 47.1 Å². The van der Waals surface area contributed by atoms with Crippen molar-refractivity contribution in [3.05, 3.63) is 29.3 Å². The third-order valence-corrected chi connectivity index (χ3v) is 2.95. The predicted molar refractivity (Wildman–Crippen MR) is 78.5 cm³/mol. The van der Waals surface area contributed by atoms with Crippen molar-refractivity contribution in [3.8, 4) is 5.75 Å². The highest BCUT2D eigenvalue weighted by Gasteiger charge is 2.18. The number of hydrogen-bond donors (Lipinski definition) is 1. The molecule has 1 aromatic carbocycles. The highest BCUT2D eigenvalue weighted by atomic mass is 16.5. The molecule has 19 heavy (non-hydrogen) atoms. The smallest absolute Gasteiger partial charge is 0.261 e. The summed E-state index contributed by atoms with van der Waals surface area (Å²) in [6.45, 7) is 10.8. The number of hydrogen-bond acceptors (Lipinski definition) is 2. The molecule has 0 saturated heterocycles. The van der Waals surface area contributed by atoms with E-state index in [4.69, 9.17) is 4.74 Å². The van der Waals surface area contributed by atoms with E-state index in [-0.39, 0.29) is 5.91 Å². The summed E-state index contributed by atoms with van der Waals surface area (Å²) >= 11 is 0. The van der Waals surface area contributed by atoms with E-state index in [2.05, 4.69) is 25.2 Å². The molecule has 0 bridgehead atoms. The summed E-state index contributed by atoms with van der Waals surface area (Å²) in [6.07, 6.45) is 0.247. The summed E-state index contributed by atoms with van der Waals surface area (Å²) in [5.41, 5.74) is 2.26.